The number of fused-ring (bicyclic) bond motifs is 1. The van der Waals surface area contributed by atoms with Gasteiger partial charge in [-0.1, -0.05) is 48.5 Å². The quantitative estimate of drug-likeness (QED) is 0.381. The first-order chi connectivity index (χ1) is 12.8. The predicted molar refractivity (Wildman–Crippen MR) is 97.8 cm³/mol. The van der Waals surface area contributed by atoms with E-state index >= 15 is 0 Å². The number of ether oxygens (including phenoxy) is 3. The van der Waals surface area contributed by atoms with E-state index in [1.807, 2.05) is 78.9 Å². The van der Waals surface area contributed by atoms with Gasteiger partial charge < -0.3 is 14.2 Å². The van der Waals surface area contributed by atoms with Crippen molar-refractivity contribution in [2.75, 3.05) is 13.2 Å². The second-order valence-electron chi connectivity index (χ2n) is 5.97. The van der Waals surface area contributed by atoms with Gasteiger partial charge in [-0.2, -0.15) is 0 Å². The third-order valence-corrected chi connectivity index (χ3v) is 4.25. The molecule has 26 heavy (non-hydrogen) atoms. The summed E-state index contributed by atoms with van der Waals surface area (Å²) in [5.41, 5.74) is 1.80. The van der Waals surface area contributed by atoms with Crippen molar-refractivity contribution in [1.82, 2.24) is 0 Å². The Morgan fingerprint density at radius 2 is 1.35 bits per heavy atom. The lowest BCUT2D eigenvalue weighted by atomic mass is 9.93. The zero-order valence-electron chi connectivity index (χ0n) is 14.1. The summed E-state index contributed by atoms with van der Waals surface area (Å²) in [7, 11) is 0. The van der Waals surface area contributed by atoms with Crippen LogP contribution in [0.5, 0.6) is 17.2 Å². The third kappa shape index (κ3) is 3.40. The Balaban J connectivity index is 1.36. The molecule has 0 aliphatic carbocycles. The first-order valence-electron chi connectivity index (χ1n) is 8.52. The number of rotatable bonds is 6. The van der Waals surface area contributed by atoms with Crippen LogP contribution in [0.1, 0.15) is 17.0 Å². The lowest BCUT2D eigenvalue weighted by molar-refractivity contribution is -0.133. The van der Waals surface area contributed by atoms with E-state index in [0.29, 0.717) is 19.0 Å². The molecule has 4 rings (SSSR count). The smallest absolute Gasteiger partial charge is 0.323 e. The molecule has 130 valence electrons. The van der Waals surface area contributed by atoms with Crippen LogP contribution in [-0.2, 0) is 4.79 Å². The molecule has 0 N–H and O–H groups in total. The number of esters is 1. The minimum Gasteiger partial charge on any atom is -0.490 e. The highest BCUT2D eigenvalue weighted by atomic mass is 16.5. The zero-order valence-corrected chi connectivity index (χ0v) is 14.1. The number of carbonyl (C=O) groups is 1. The summed E-state index contributed by atoms with van der Waals surface area (Å²) in [4.78, 5) is 12.2. The molecule has 0 amide bonds. The molecular formula is C22H18O4. The fraction of sp³-hybridized carbons (Fsp3) is 0.136. The molecule has 0 fully saturated rings. The van der Waals surface area contributed by atoms with Crippen molar-refractivity contribution in [2.45, 2.75) is 5.92 Å². The molecule has 0 spiro atoms. The summed E-state index contributed by atoms with van der Waals surface area (Å²) in [6.07, 6.45) is 0. The van der Waals surface area contributed by atoms with Gasteiger partial charge in [-0.15, -0.1) is 0 Å². The van der Waals surface area contributed by atoms with Crippen molar-refractivity contribution < 1.29 is 19.0 Å². The second-order valence-corrected chi connectivity index (χ2v) is 5.97. The van der Waals surface area contributed by atoms with Gasteiger partial charge in [0.2, 0.25) is 0 Å². The summed E-state index contributed by atoms with van der Waals surface area (Å²) in [5, 5.41) is 0. The van der Waals surface area contributed by atoms with E-state index in [2.05, 4.69) is 0 Å². The Bertz CT molecular complexity index is 888. The molecule has 0 bridgehead atoms. The average Bonchev–Trinajstić information content (AvgIpc) is 3.02. The fourth-order valence-electron chi connectivity index (χ4n) is 3.01. The Hall–Kier alpha value is -3.27. The third-order valence-electron chi connectivity index (χ3n) is 4.25. The number of carbonyl (C=O) groups excluding carboxylic acids is 1. The lowest BCUT2D eigenvalue weighted by Gasteiger charge is -2.11. The maximum absolute atomic E-state index is 12.2. The summed E-state index contributed by atoms with van der Waals surface area (Å²) in [6.45, 7) is 0.913. The van der Waals surface area contributed by atoms with Crippen LogP contribution in [0.3, 0.4) is 0 Å². The van der Waals surface area contributed by atoms with Crippen molar-refractivity contribution in [3.8, 4) is 17.2 Å². The predicted octanol–water partition coefficient (Wildman–Crippen LogP) is 4.20. The molecule has 0 aromatic heterocycles. The molecule has 1 heterocycles. The van der Waals surface area contributed by atoms with Gasteiger partial charge in [-0.25, -0.2) is 0 Å². The molecule has 0 saturated carbocycles. The first-order valence-corrected chi connectivity index (χ1v) is 8.52. The molecule has 4 heteroatoms. The van der Waals surface area contributed by atoms with Crippen molar-refractivity contribution >= 4 is 5.97 Å². The van der Waals surface area contributed by atoms with E-state index < -0.39 is 0 Å². The molecule has 0 saturated heterocycles. The number of hydrogen-bond acceptors (Lipinski definition) is 4. The van der Waals surface area contributed by atoms with Crippen molar-refractivity contribution in [1.29, 1.82) is 0 Å². The molecule has 1 aliphatic rings. The molecule has 4 nitrogen and oxygen atoms in total. The zero-order chi connectivity index (χ0) is 17.8. The maximum atomic E-state index is 12.2. The normalized spacial score (nSPS) is 15.2. The Morgan fingerprint density at radius 1 is 0.731 bits per heavy atom. The van der Waals surface area contributed by atoms with E-state index in [1.54, 1.807) is 0 Å². The van der Waals surface area contributed by atoms with Crippen LogP contribution in [0.2, 0.25) is 0 Å². The van der Waals surface area contributed by atoms with Gasteiger partial charge in [0.05, 0.1) is 0 Å². The molecular weight excluding hydrogens is 328 g/mol. The summed E-state index contributed by atoms with van der Waals surface area (Å²) >= 11 is 0. The Labute approximate surface area is 152 Å². The van der Waals surface area contributed by atoms with E-state index in [-0.39, 0.29) is 11.9 Å². The van der Waals surface area contributed by atoms with E-state index in [4.69, 9.17) is 14.2 Å². The summed E-state index contributed by atoms with van der Waals surface area (Å²) in [5.74, 6) is 1.59. The number of para-hydroxylation sites is 2. The van der Waals surface area contributed by atoms with Crippen LogP contribution in [-0.4, -0.2) is 19.2 Å². The minimum absolute atomic E-state index is 0.240. The molecule has 3 aromatic carbocycles. The topological polar surface area (TPSA) is 44.8 Å². The fourth-order valence-corrected chi connectivity index (χ4v) is 3.01. The summed E-state index contributed by atoms with van der Waals surface area (Å²) < 4.78 is 16.6. The van der Waals surface area contributed by atoms with E-state index in [0.717, 1.165) is 22.6 Å². The Kier molecular flexibility index (Phi) is 4.56. The molecule has 1 atom stereocenters. The minimum atomic E-state index is -0.373. The number of benzene rings is 3. The van der Waals surface area contributed by atoms with Gasteiger partial charge in [-0.3, -0.25) is 4.79 Å². The van der Waals surface area contributed by atoms with Crippen LogP contribution >= 0.6 is 0 Å². The van der Waals surface area contributed by atoms with E-state index in [9.17, 15) is 4.79 Å². The van der Waals surface area contributed by atoms with E-state index in [1.165, 1.54) is 0 Å². The van der Waals surface area contributed by atoms with Crippen LogP contribution < -0.4 is 14.2 Å². The van der Waals surface area contributed by atoms with Crippen LogP contribution in [0.25, 0.3) is 0 Å². The van der Waals surface area contributed by atoms with Crippen LogP contribution in [0.4, 0.5) is 0 Å². The monoisotopic (exact) mass is 346 g/mol. The van der Waals surface area contributed by atoms with Crippen LogP contribution in [0, 0.1) is 0 Å². The number of hydrogen-bond donors (Lipinski definition) is 0. The summed E-state index contributed by atoms with van der Waals surface area (Å²) in [6, 6.07) is 24.7. The van der Waals surface area contributed by atoms with Gasteiger partial charge in [-0.05, 0) is 35.9 Å². The standard InChI is InChI=1S/C22H18O4/c23-22-21(19-8-4-5-9-20(19)26-22)16-10-12-18(13-11-16)25-15-14-24-17-6-2-1-3-7-17/h1-13,21H,14-15H2. The lowest BCUT2D eigenvalue weighted by Crippen LogP contribution is -2.12. The first kappa shape index (κ1) is 16.2. The van der Waals surface area contributed by atoms with Gasteiger partial charge in [0.25, 0.3) is 0 Å². The van der Waals surface area contributed by atoms with Crippen molar-refractivity contribution in [3.63, 3.8) is 0 Å². The molecule has 1 aliphatic heterocycles. The highest BCUT2D eigenvalue weighted by Gasteiger charge is 2.33. The SMILES string of the molecule is O=C1Oc2ccccc2C1c1ccc(OCCOc2ccccc2)cc1. The molecule has 1 unspecified atom stereocenters. The highest BCUT2D eigenvalue weighted by molar-refractivity contribution is 5.89. The van der Waals surface area contributed by atoms with Crippen molar-refractivity contribution in [3.05, 3.63) is 90.0 Å². The molecule has 3 aromatic rings. The maximum Gasteiger partial charge on any atom is 0.323 e. The van der Waals surface area contributed by atoms with Gasteiger partial charge in [0, 0.05) is 5.56 Å². The van der Waals surface area contributed by atoms with Gasteiger partial charge in [0.1, 0.15) is 36.4 Å². The van der Waals surface area contributed by atoms with Gasteiger partial charge >= 0.3 is 5.97 Å². The van der Waals surface area contributed by atoms with Gasteiger partial charge in [0.15, 0.2) is 0 Å². The second kappa shape index (κ2) is 7.31. The van der Waals surface area contributed by atoms with Crippen LogP contribution in [0.15, 0.2) is 78.9 Å². The largest absolute Gasteiger partial charge is 0.490 e. The van der Waals surface area contributed by atoms with Crippen molar-refractivity contribution in [2.24, 2.45) is 0 Å². The highest BCUT2D eigenvalue weighted by Crippen LogP contribution is 2.39. The average molecular weight is 346 g/mol. The Morgan fingerprint density at radius 3 is 2.08 bits per heavy atom. The molecule has 0 radical (unpaired) electrons.